The number of rotatable bonds is 5. The molecule has 0 saturated heterocycles. The van der Waals surface area contributed by atoms with Crippen LogP contribution < -0.4 is 5.43 Å². The molecule has 0 aliphatic heterocycles. The van der Waals surface area contributed by atoms with Crippen LogP contribution in [-0.4, -0.2) is 31.7 Å². The van der Waals surface area contributed by atoms with Gasteiger partial charge in [0, 0.05) is 20.3 Å². The van der Waals surface area contributed by atoms with Gasteiger partial charge in [0.1, 0.15) is 6.34 Å². The molecule has 0 bridgehead atoms. The lowest BCUT2D eigenvalue weighted by molar-refractivity contribution is 0.394. The molecule has 0 heterocycles. The predicted molar refractivity (Wildman–Crippen MR) is 53.2 cm³/mol. The molecule has 0 aromatic carbocycles. The van der Waals surface area contributed by atoms with Crippen molar-refractivity contribution < 1.29 is 0 Å². The predicted octanol–water partition coefficient (Wildman–Crippen LogP) is 1.03. The second-order valence-corrected chi connectivity index (χ2v) is 2.45. The first-order valence-electron chi connectivity index (χ1n) is 3.78. The zero-order chi connectivity index (χ0) is 9.40. The third-order valence-corrected chi connectivity index (χ3v) is 1.41. The van der Waals surface area contributed by atoms with Gasteiger partial charge in [-0.2, -0.15) is 5.10 Å². The van der Waals surface area contributed by atoms with Gasteiger partial charge >= 0.3 is 0 Å². The van der Waals surface area contributed by atoms with Gasteiger partial charge in [-0.15, -0.1) is 5.10 Å². The lowest BCUT2D eigenvalue weighted by Gasteiger charge is -2.13. The number of hydrazine groups is 1. The summed E-state index contributed by atoms with van der Waals surface area (Å²) in [5.74, 6) is 0. The van der Waals surface area contributed by atoms with Gasteiger partial charge in [-0.25, -0.2) is 5.43 Å². The third kappa shape index (κ3) is 5.61. The van der Waals surface area contributed by atoms with Crippen LogP contribution in [0.3, 0.4) is 0 Å². The SMILES string of the molecule is C=N/N=C\N(C)NC/C(C)=C/C. The molecule has 4 heteroatoms. The van der Waals surface area contributed by atoms with Crippen molar-refractivity contribution in [3.8, 4) is 0 Å². The Kier molecular flexibility index (Phi) is 5.91. The molecule has 0 amide bonds. The van der Waals surface area contributed by atoms with E-state index in [1.54, 1.807) is 11.3 Å². The minimum absolute atomic E-state index is 0.816. The molecule has 0 fully saturated rings. The summed E-state index contributed by atoms with van der Waals surface area (Å²) in [5.41, 5.74) is 4.38. The molecule has 0 aliphatic carbocycles. The Labute approximate surface area is 73.6 Å². The molecule has 0 radical (unpaired) electrons. The van der Waals surface area contributed by atoms with Gasteiger partial charge in [0.25, 0.3) is 0 Å². The van der Waals surface area contributed by atoms with Crippen molar-refractivity contribution in [2.24, 2.45) is 10.2 Å². The monoisotopic (exact) mass is 168 g/mol. The van der Waals surface area contributed by atoms with Crippen LogP contribution >= 0.6 is 0 Å². The van der Waals surface area contributed by atoms with Crippen molar-refractivity contribution in [3.63, 3.8) is 0 Å². The molecule has 12 heavy (non-hydrogen) atoms. The average molecular weight is 168 g/mol. The van der Waals surface area contributed by atoms with Crippen LogP contribution in [0.2, 0.25) is 0 Å². The van der Waals surface area contributed by atoms with E-state index in [0.717, 1.165) is 6.54 Å². The smallest absolute Gasteiger partial charge is 0.127 e. The quantitative estimate of drug-likeness (QED) is 0.288. The van der Waals surface area contributed by atoms with Gasteiger partial charge in [0.05, 0.1) is 0 Å². The zero-order valence-electron chi connectivity index (χ0n) is 7.91. The minimum atomic E-state index is 0.816. The zero-order valence-corrected chi connectivity index (χ0v) is 7.91. The van der Waals surface area contributed by atoms with Crippen molar-refractivity contribution in [2.75, 3.05) is 13.6 Å². The number of nitrogens with one attached hydrogen (secondary N) is 1. The van der Waals surface area contributed by atoms with E-state index >= 15 is 0 Å². The largest absolute Gasteiger partial charge is 0.300 e. The van der Waals surface area contributed by atoms with Crippen LogP contribution in [0.25, 0.3) is 0 Å². The summed E-state index contributed by atoms with van der Waals surface area (Å²) in [6.45, 7) is 8.12. The van der Waals surface area contributed by atoms with Crippen LogP contribution in [0.4, 0.5) is 0 Å². The van der Waals surface area contributed by atoms with Gasteiger partial charge < -0.3 is 0 Å². The Bertz CT molecular complexity index is 183. The van der Waals surface area contributed by atoms with Crippen LogP contribution in [0.15, 0.2) is 21.9 Å². The molecule has 0 atom stereocenters. The first-order valence-corrected chi connectivity index (χ1v) is 3.78. The standard InChI is InChI=1S/C8H16N4/c1-5-8(2)6-11-12(4)7-10-9-3/h5,7,11H,3,6H2,1-2,4H3/b8-5+,10-7-. The maximum atomic E-state index is 3.61. The minimum Gasteiger partial charge on any atom is -0.300 e. The summed E-state index contributed by atoms with van der Waals surface area (Å²) in [5, 5.41) is 8.69. The normalized spacial score (nSPS) is 12.1. The summed E-state index contributed by atoms with van der Waals surface area (Å²) in [4.78, 5) is 0. The van der Waals surface area contributed by atoms with Gasteiger partial charge in [-0.1, -0.05) is 11.6 Å². The summed E-state index contributed by atoms with van der Waals surface area (Å²) in [6, 6.07) is 0. The number of nitrogens with zero attached hydrogens (tertiary/aromatic N) is 3. The van der Waals surface area contributed by atoms with Crippen molar-refractivity contribution in [1.82, 2.24) is 10.4 Å². The average Bonchev–Trinajstić information content (AvgIpc) is 2.10. The summed E-state index contributed by atoms with van der Waals surface area (Å²) in [7, 11) is 1.86. The van der Waals surface area contributed by atoms with E-state index in [-0.39, 0.29) is 0 Å². The first-order chi connectivity index (χ1) is 5.70. The number of allylic oxidation sites excluding steroid dienone is 1. The second-order valence-electron chi connectivity index (χ2n) is 2.45. The molecule has 0 aromatic rings. The molecule has 0 spiro atoms. The van der Waals surface area contributed by atoms with Gasteiger partial charge in [-0.3, -0.25) is 5.01 Å². The molecule has 0 unspecified atom stereocenters. The maximum Gasteiger partial charge on any atom is 0.127 e. The fourth-order valence-corrected chi connectivity index (χ4v) is 0.506. The van der Waals surface area contributed by atoms with Gasteiger partial charge in [0.15, 0.2) is 0 Å². The molecule has 0 aliphatic rings. The lowest BCUT2D eigenvalue weighted by Crippen LogP contribution is -2.34. The Balaban J connectivity index is 3.63. The summed E-state index contributed by atoms with van der Waals surface area (Å²) in [6.07, 6.45) is 3.62. The van der Waals surface area contributed by atoms with Crippen LogP contribution in [0, 0.1) is 0 Å². The lowest BCUT2D eigenvalue weighted by atomic mass is 10.3. The molecular formula is C8H16N4. The van der Waals surface area contributed by atoms with E-state index in [1.165, 1.54) is 5.57 Å². The van der Waals surface area contributed by atoms with E-state index in [2.05, 4.69) is 35.3 Å². The Morgan fingerprint density at radius 1 is 1.67 bits per heavy atom. The van der Waals surface area contributed by atoms with Gasteiger partial charge in [0.2, 0.25) is 0 Å². The summed E-state index contributed by atoms with van der Waals surface area (Å²) >= 11 is 0. The Morgan fingerprint density at radius 3 is 2.83 bits per heavy atom. The number of hydrogen-bond donors (Lipinski definition) is 1. The third-order valence-electron chi connectivity index (χ3n) is 1.41. The van der Waals surface area contributed by atoms with Gasteiger partial charge in [-0.05, 0) is 13.8 Å². The second kappa shape index (κ2) is 6.54. The van der Waals surface area contributed by atoms with E-state index in [9.17, 15) is 0 Å². The van der Waals surface area contributed by atoms with Crippen molar-refractivity contribution in [3.05, 3.63) is 11.6 Å². The van der Waals surface area contributed by atoms with E-state index in [1.807, 2.05) is 14.0 Å². The Hall–Kier alpha value is -1.16. The fraction of sp³-hybridized carbons (Fsp3) is 0.500. The van der Waals surface area contributed by atoms with Crippen molar-refractivity contribution in [1.29, 1.82) is 0 Å². The molecule has 1 N–H and O–H groups in total. The topological polar surface area (TPSA) is 40.0 Å². The highest BCUT2D eigenvalue weighted by molar-refractivity contribution is 5.53. The highest BCUT2D eigenvalue weighted by Gasteiger charge is 1.90. The van der Waals surface area contributed by atoms with Crippen LogP contribution in [0.5, 0.6) is 0 Å². The molecule has 0 saturated carbocycles. The molecule has 0 rings (SSSR count). The number of hydrogen-bond acceptors (Lipinski definition) is 3. The van der Waals surface area contributed by atoms with E-state index in [0.29, 0.717) is 0 Å². The van der Waals surface area contributed by atoms with Crippen molar-refractivity contribution in [2.45, 2.75) is 13.8 Å². The Morgan fingerprint density at radius 2 is 2.33 bits per heavy atom. The van der Waals surface area contributed by atoms with Crippen molar-refractivity contribution >= 4 is 13.1 Å². The summed E-state index contributed by atoms with van der Waals surface area (Å²) < 4.78 is 0. The first kappa shape index (κ1) is 10.8. The maximum absolute atomic E-state index is 3.61. The fourth-order valence-electron chi connectivity index (χ4n) is 0.506. The van der Waals surface area contributed by atoms with Crippen LogP contribution in [0.1, 0.15) is 13.8 Å². The highest BCUT2D eigenvalue weighted by atomic mass is 15.5. The molecule has 0 aromatic heterocycles. The van der Waals surface area contributed by atoms with E-state index in [4.69, 9.17) is 0 Å². The van der Waals surface area contributed by atoms with Crippen LogP contribution in [-0.2, 0) is 0 Å². The molecule has 68 valence electrons. The molecular weight excluding hydrogens is 152 g/mol. The highest BCUT2D eigenvalue weighted by Crippen LogP contribution is 1.87. The molecule has 4 nitrogen and oxygen atoms in total. The van der Waals surface area contributed by atoms with E-state index < -0.39 is 0 Å².